The van der Waals surface area contributed by atoms with Crippen molar-refractivity contribution in [2.45, 2.75) is 76.7 Å². The monoisotopic (exact) mass is 320 g/mol. The van der Waals surface area contributed by atoms with Crippen molar-refractivity contribution in [3.8, 4) is 0 Å². The maximum absolute atomic E-state index is 12.1. The van der Waals surface area contributed by atoms with E-state index in [1.165, 1.54) is 19.3 Å². The van der Waals surface area contributed by atoms with E-state index in [0.29, 0.717) is 24.3 Å². The van der Waals surface area contributed by atoms with Crippen LogP contribution >= 0.6 is 0 Å². The molecule has 2 unspecified atom stereocenters. The van der Waals surface area contributed by atoms with Crippen molar-refractivity contribution in [2.24, 2.45) is 11.3 Å². The van der Waals surface area contributed by atoms with Gasteiger partial charge in [-0.1, -0.05) is 19.4 Å². The summed E-state index contributed by atoms with van der Waals surface area (Å²) >= 11 is 0. The highest BCUT2D eigenvalue weighted by Crippen LogP contribution is 2.67. The second-order valence-corrected chi connectivity index (χ2v) is 7.42. The third-order valence-corrected chi connectivity index (χ3v) is 5.86. The zero-order valence-corrected chi connectivity index (χ0v) is 14.0. The van der Waals surface area contributed by atoms with Gasteiger partial charge in [-0.25, -0.2) is 4.79 Å². The summed E-state index contributed by atoms with van der Waals surface area (Å²) in [5.74, 6) is 0.228. The second kappa shape index (κ2) is 7.06. The van der Waals surface area contributed by atoms with Crippen LogP contribution in [0.2, 0.25) is 0 Å². The third kappa shape index (κ3) is 3.78. The minimum absolute atomic E-state index is 0.0665. The second-order valence-electron chi connectivity index (χ2n) is 7.42. The van der Waals surface area contributed by atoms with Crippen molar-refractivity contribution >= 4 is 11.9 Å². The first-order chi connectivity index (χ1) is 11.1. The topological polar surface area (TPSA) is 52.6 Å². The Hall–Kier alpha value is -1.32. The van der Waals surface area contributed by atoms with E-state index < -0.39 is 0 Å². The van der Waals surface area contributed by atoms with Crippen LogP contribution in [0.4, 0.5) is 0 Å². The SMILES string of the molecule is C=C(C(=O)OCCCC(=O)OC1CCCCC1)C12CCCC1C2. The van der Waals surface area contributed by atoms with E-state index in [4.69, 9.17) is 9.47 Å². The van der Waals surface area contributed by atoms with Crippen molar-refractivity contribution in [1.29, 1.82) is 0 Å². The molecule has 0 saturated heterocycles. The molecule has 3 fully saturated rings. The molecule has 0 N–H and O–H groups in total. The van der Waals surface area contributed by atoms with Gasteiger partial charge < -0.3 is 9.47 Å². The summed E-state index contributed by atoms with van der Waals surface area (Å²) in [5.41, 5.74) is 0.724. The van der Waals surface area contributed by atoms with Gasteiger partial charge in [0.15, 0.2) is 0 Å². The number of fused-ring (bicyclic) bond motifs is 1. The molecule has 3 aliphatic rings. The average molecular weight is 320 g/mol. The van der Waals surface area contributed by atoms with Gasteiger partial charge in [-0.05, 0) is 57.3 Å². The standard InChI is InChI=1S/C19H28O4/c1-14(19-11-5-7-15(19)13-19)18(21)22-12-6-10-17(20)23-16-8-3-2-4-9-16/h15-16H,1-13H2. The predicted octanol–water partition coefficient (Wildman–Crippen LogP) is 3.93. The Bertz CT molecular complexity index is 478. The van der Waals surface area contributed by atoms with Crippen molar-refractivity contribution in [3.05, 3.63) is 12.2 Å². The Morgan fingerprint density at radius 1 is 1.09 bits per heavy atom. The molecular formula is C19H28O4. The molecule has 0 aliphatic heterocycles. The first kappa shape index (κ1) is 16.5. The zero-order valence-electron chi connectivity index (χ0n) is 14.0. The quantitative estimate of drug-likeness (QED) is 0.405. The fourth-order valence-corrected chi connectivity index (χ4v) is 4.35. The van der Waals surface area contributed by atoms with Crippen LogP contribution in [0.1, 0.15) is 70.6 Å². The lowest BCUT2D eigenvalue weighted by molar-refractivity contribution is -0.152. The van der Waals surface area contributed by atoms with Gasteiger partial charge in [0.2, 0.25) is 0 Å². The lowest BCUT2D eigenvalue weighted by atomic mass is 9.94. The molecule has 0 radical (unpaired) electrons. The molecule has 128 valence electrons. The van der Waals surface area contributed by atoms with Gasteiger partial charge in [-0.3, -0.25) is 4.79 Å². The van der Waals surface area contributed by atoms with Gasteiger partial charge in [0.25, 0.3) is 0 Å². The molecule has 3 rings (SSSR count). The third-order valence-electron chi connectivity index (χ3n) is 5.86. The highest BCUT2D eigenvalue weighted by atomic mass is 16.5. The molecule has 4 heteroatoms. The number of hydrogen-bond acceptors (Lipinski definition) is 4. The van der Waals surface area contributed by atoms with Crippen LogP contribution in [0.5, 0.6) is 0 Å². The van der Waals surface area contributed by atoms with E-state index in [1.54, 1.807) is 0 Å². The van der Waals surface area contributed by atoms with E-state index in [0.717, 1.165) is 38.5 Å². The number of rotatable bonds is 7. The molecule has 0 amide bonds. The van der Waals surface area contributed by atoms with E-state index in [9.17, 15) is 9.59 Å². The van der Waals surface area contributed by atoms with Gasteiger partial charge in [0, 0.05) is 17.4 Å². The van der Waals surface area contributed by atoms with Crippen molar-refractivity contribution in [1.82, 2.24) is 0 Å². The summed E-state index contributed by atoms with van der Waals surface area (Å²) < 4.78 is 10.8. The van der Waals surface area contributed by atoms with Gasteiger partial charge in [0.05, 0.1) is 6.61 Å². The summed E-state index contributed by atoms with van der Waals surface area (Å²) in [6.45, 7) is 4.25. The predicted molar refractivity (Wildman–Crippen MR) is 86.7 cm³/mol. The van der Waals surface area contributed by atoms with Crippen molar-refractivity contribution < 1.29 is 19.1 Å². The minimum atomic E-state index is -0.268. The van der Waals surface area contributed by atoms with Crippen molar-refractivity contribution in [3.63, 3.8) is 0 Å². The van der Waals surface area contributed by atoms with Gasteiger partial charge in [0.1, 0.15) is 6.10 Å². The molecule has 4 nitrogen and oxygen atoms in total. The maximum Gasteiger partial charge on any atom is 0.333 e. The minimum Gasteiger partial charge on any atom is -0.462 e. The molecule has 0 aromatic rings. The zero-order chi connectivity index (χ0) is 16.3. The number of esters is 2. The molecule has 0 spiro atoms. The molecule has 0 aromatic heterocycles. The number of carbonyl (C=O) groups excluding carboxylic acids is 2. The number of ether oxygens (including phenoxy) is 2. The van der Waals surface area contributed by atoms with Gasteiger partial charge in [-0.2, -0.15) is 0 Å². The summed E-state index contributed by atoms with van der Waals surface area (Å²) in [5, 5.41) is 0. The van der Waals surface area contributed by atoms with Crippen LogP contribution in [0, 0.1) is 11.3 Å². The Morgan fingerprint density at radius 2 is 1.87 bits per heavy atom. The molecule has 0 aromatic carbocycles. The van der Waals surface area contributed by atoms with E-state index >= 15 is 0 Å². The fraction of sp³-hybridized carbons (Fsp3) is 0.789. The molecular weight excluding hydrogens is 292 g/mol. The van der Waals surface area contributed by atoms with E-state index in [-0.39, 0.29) is 30.1 Å². The van der Waals surface area contributed by atoms with Crippen molar-refractivity contribution in [2.75, 3.05) is 6.61 Å². The Morgan fingerprint density at radius 3 is 2.52 bits per heavy atom. The summed E-state index contributed by atoms with van der Waals surface area (Å²) in [6.07, 6.45) is 11.1. The highest BCUT2D eigenvalue weighted by Gasteiger charge is 2.60. The summed E-state index contributed by atoms with van der Waals surface area (Å²) in [6, 6.07) is 0. The molecule has 23 heavy (non-hydrogen) atoms. The average Bonchev–Trinajstić information content (AvgIpc) is 3.13. The van der Waals surface area contributed by atoms with Gasteiger partial charge >= 0.3 is 11.9 Å². The van der Waals surface area contributed by atoms with Crippen LogP contribution in [0.3, 0.4) is 0 Å². The fourth-order valence-electron chi connectivity index (χ4n) is 4.35. The van der Waals surface area contributed by atoms with Gasteiger partial charge in [-0.15, -0.1) is 0 Å². The maximum atomic E-state index is 12.1. The molecule has 0 heterocycles. The summed E-state index contributed by atoms with van der Waals surface area (Å²) in [4.78, 5) is 23.9. The van der Waals surface area contributed by atoms with E-state index in [2.05, 4.69) is 6.58 Å². The molecule has 2 atom stereocenters. The lowest BCUT2D eigenvalue weighted by Gasteiger charge is -2.21. The van der Waals surface area contributed by atoms with Crippen LogP contribution in [0.25, 0.3) is 0 Å². The van der Waals surface area contributed by atoms with Crippen LogP contribution < -0.4 is 0 Å². The Kier molecular flexibility index (Phi) is 5.08. The normalized spacial score (nSPS) is 29.7. The van der Waals surface area contributed by atoms with E-state index in [1.807, 2.05) is 0 Å². The first-order valence-corrected chi connectivity index (χ1v) is 9.18. The smallest absolute Gasteiger partial charge is 0.333 e. The molecule has 3 aliphatic carbocycles. The van der Waals surface area contributed by atoms with Crippen LogP contribution in [-0.2, 0) is 19.1 Å². The lowest BCUT2D eigenvalue weighted by Crippen LogP contribution is -2.21. The first-order valence-electron chi connectivity index (χ1n) is 9.18. The summed E-state index contributed by atoms with van der Waals surface area (Å²) in [7, 11) is 0. The molecule has 3 saturated carbocycles. The largest absolute Gasteiger partial charge is 0.462 e. The van der Waals surface area contributed by atoms with Crippen LogP contribution in [0.15, 0.2) is 12.2 Å². The Labute approximate surface area is 138 Å². The van der Waals surface area contributed by atoms with Crippen LogP contribution in [-0.4, -0.2) is 24.6 Å². The Balaban J connectivity index is 1.29. The number of hydrogen-bond donors (Lipinski definition) is 0. The highest BCUT2D eigenvalue weighted by molar-refractivity contribution is 5.90. The molecule has 0 bridgehead atoms. The number of carbonyl (C=O) groups is 2.